The highest BCUT2D eigenvalue weighted by molar-refractivity contribution is 6.01. The van der Waals surface area contributed by atoms with E-state index in [9.17, 15) is 4.79 Å². The molecular formula is C28H26O4. The summed E-state index contributed by atoms with van der Waals surface area (Å²) < 4.78 is 19.1. The molecule has 1 aliphatic heterocycles. The fourth-order valence-corrected chi connectivity index (χ4v) is 4.79. The second kappa shape index (κ2) is 7.82. The summed E-state index contributed by atoms with van der Waals surface area (Å²) in [5.41, 5.74) is 0.792. The fourth-order valence-electron chi connectivity index (χ4n) is 4.79. The van der Waals surface area contributed by atoms with Crippen LogP contribution < -0.4 is 0 Å². The summed E-state index contributed by atoms with van der Waals surface area (Å²) in [4.78, 5) is 13.0. The molecule has 162 valence electrons. The van der Waals surface area contributed by atoms with Crippen molar-refractivity contribution in [1.82, 2.24) is 0 Å². The van der Waals surface area contributed by atoms with Crippen molar-refractivity contribution in [3.63, 3.8) is 0 Å². The summed E-state index contributed by atoms with van der Waals surface area (Å²) in [6.07, 6.45) is 2.83. The molecule has 3 aromatic carbocycles. The van der Waals surface area contributed by atoms with Crippen LogP contribution >= 0.6 is 0 Å². The molecule has 4 heteroatoms. The molecule has 2 aliphatic rings. The summed E-state index contributed by atoms with van der Waals surface area (Å²) >= 11 is 0. The van der Waals surface area contributed by atoms with Gasteiger partial charge in [-0.25, -0.2) is 0 Å². The molecule has 1 aliphatic carbocycles. The average molecular weight is 427 g/mol. The lowest BCUT2D eigenvalue weighted by molar-refractivity contribution is -0.185. The highest BCUT2D eigenvalue weighted by atomic mass is 16.8. The maximum atomic E-state index is 13.0. The van der Waals surface area contributed by atoms with E-state index in [1.54, 1.807) is 12.2 Å². The number of ketones is 1. The Morgan fingerprint density at radius 1 is 0.812 bits per heavy atom. The van der Waals surface area contributed by atoms with Crippen LogP contribution in [0, 0.1) is 0 Å². The summed E-state index contributed by atoms with van der Waals surface area (Å²) in [5, 5.41) is 0. The van der Waals surface area contributed by atoms with Gasteiger partial charge in [-0.2, -0.15) is 0 Å². The Balaban J connectivity index is 1.65. The van der Waals surface area contributed by atoms with Crippen molar-refractivity contribution in [1.29, 1.82) is 0 Å². The van der Waals surface area contributed by atoms with E-state index in [0.29, 0.717) is 0 Å². The van der Waals surface area contributed by atoms with Crippen molar-refractivity contribution in [2.45, 2.75) is 36.9 Å². The SMILES string of the molecule is CC1(C)O[C@H]2C=CC(=O)[C@@]2(COC(c2ccccc2)(c2ccccc2)c2ccccc2)O1. The Morgan fingerprint density at radius 3 is 1.75 bits per heavy atom. The van der Waals surface area contributed by atoms with Crippen LogP contribution in [0.5, 0.6) is 0 Å². The number of ether oxygens (including phenoxy) is 3. The summed E-state index contributed by atoms with van der Waals surface area (Å²) in [5.74, 6) is -1.00. The third kappa shape index (κ3) is 3.32. The molecule has 0 spiro atoms. The van der Waals surface area contributed by atoms with Gasteiger partial charge in [0.15, 0.2) is 17.2 Å². The molecule has 4 nitrogen and oxygen atoms in total. The predicted octanol–water partition coefficient (Wildman–Crippen LogP) is 5.02. The molecule has 3 aromatic rings. The van der Waals surface area contributed by atoms with Gasteiger partial charge in [0.2, 0.25) is 0 Å². The van der Waals surface area contributed by atoms with E-state index in [1.807, 2.05) is 68.4 Å². The topological polar surface area (TPSA) is 44.8 Å². The van der Waals surface area contributed by atoms with Crippen LogP contribution in [0.3, 0.4) is 0 Å². The number of benzene rings is 3. The summed E-state index contributed by atoms with van der Waals surface area (Å²) in [7, 11) is 0. The minimum Gasteiger partial charge on any atom is -0.357 e. The Hall–Kier alpha value is -3.05. The monoisotopic (exact) mass is 426 g/mol. The largest absolute Gasteiger partial charge is 0.357 e. The van der Waals surface area contributed by atoms with Crippen LogP contribution in [0.15, 0.2) is 103 Å². The Kier molecular flexibility index (Phi) is 5.09. The zero-order valence-electron chi connectivity index (χ0n) is 18.2. The molecule has 1 heterocycles. The number of rotatable bonds is 6. The van der Waals surface area contributed by atoms with Gasteiger partial charge in [-0.1, -0.05) is 91.0 Å². The smallest absolute Gasteiger partial charge is 0.192 e. The predicted molar refractivity (Wildman–Crippen MR) is 122 cm³/mol. The molecule has 0 N–H and O–H groups in total. The van der Waals surface area contributed by atoms with Crippen LogP contribution in [0.4, 0.5) is 0 Å². The van der Waals surface area contributed by atoms with Crippen LogP contribution in [-0.2, 0) is 24.6 Å². The molecule has 0 unspecified atom stereocenters. The van der Waals surface area contributed by atoms with Crippen molar-refractivity contribution in [2.75, 3.05) is 6.61 Å². The molecule has 5 rings (SSSR count). The van der Waals surface area contributed by atoms with Gasteiger partial charge < -0.3 is 14.2 Å². The van der Waals surface area contributed by atoms with Crippen molar-refractivity contribution < 1.29 is 19.0 Å². The second-order valence-electron chi connectivity index (χ2n) is 8.72. The summed E-state index contributed by atoms with van der Waals surface area (Å²) in [6, 6.07) is 30.3. The highest BCUT2D eigenvalue weighted by Gasteiger charge is 2.60. The van der Waals surface area contributed by atoms with Gasteiger partial charge in [-0.05, 0) is 42.7 Å². The third-order valence-electron chi connectivity index (χ3n) is 6.18. The molecule has 0 saturated carbocycles. The Bertz CT molecular complexity index is 1030. The van der Waals surface area contributed by atoms with Gasteiger partial charge in [-0.3, -0.25) is 4.79 Å². The number of fused-ring (bicyclic) bond motifs is 1. The van der Waals surface area contributed by atoms with Gasteiger partial charge in [0, 0.05) is 0 Å². The molecule has 32 heavy (non-hydrogen) atoms. The third-order valence-corrected chi connectivity index (χ3v) is 6.18. The molecule has 2 atom stereocenters. The van der Waals surface area contributed by atoms with E-state index in [0.717, 1.165) is 16.7 Å². The maximum absolute atomic E-state index is 13.0. The standard InChI is InChI=1S/C28H26O4/c1-26(2)31-25-19-18-24(29)27(25,32-26)20-30-28(21-12-6-3-7-13-21,22-14-8-4-9-15-22)23-16-10-5-11-17-23/h3-19,25H,20H2,1-2H3/t25-,27+/m0/s1. The Morgan fingerprint density at radius 2 is 1.28 bits per heavy atom. The lowest BCUT2D eigenvalue weighted by Gasteiger charge is -2.38. The molecular weight excluding hydrogens is 400 g/mol. The first kappa shape index (κ1) is 20.8. The van der Waals surface area contributed by atoms with Gasteiger partial charge in [0.25, 0.3) is 0 Å². The average Bonchev–Trinajstić information content (AvgIpc) is 3.26. The molecule has 1 fully saturated rings. The van der Waals surface area contributed by atoms with E-state index >= 15 is 0 Å². The number of carbonyl (C=O) groups is 1. The first-order valence-electron chi connectivity index (χ1n) is 10.9. The van der Waals surface area contributed by atoms with Crippen LogP contribution in [0.2, 0.25) is 0 Å². The van der Waals surface area contributed by atoms with Gasteiger partial charge >= 0.3 is 0 Å². The van der Waals surface area contributed by atoms with Gasteiger partial charge in [0.05, 0.1) is 6.61 Å². The van der Waals surface area contributed by atoms with Gasteiger partial charge in [-0.15, -0.1) is 0 Å². The van der Waals surface area contributed by atoms with Gasteiger partial charge in [0.1, 0.15) is 11.7 Å². The lowest BCUT2D eigenvalue weighted by atomic mass is 9.80. The normalized spacial score (nSPS) is 23.9. The molecule has 0 bridgehead atoms. The molecule has 1 saturated heterocycles. The Labute approximate surface area is 188 Å². The van der Waals surface area contributed by atoms with E-state index in [4.69, 9.17) is 14.2 Å². The minimum absolute atomic E-state index is 0.0472. The first-order valence-corrected chi connectivity index (χ1v) is 10.9. The lowest BCUT2D eigenvalue weighted by Crippen LogP contribution is -2.50. The van der Waals surface area contributed by atoms with Crippen LogP contribution in [-0.4, -0.2) is 29.9 Å². The minimum atomic E-state index is -1.20. The van der Waals surface area contributed by atoms with E-state index in [-0.39, 0.29) is 12.4 Å². The quantitative estimate of drug-likeness (QED) is 0.519. The van der Waals surface area contributed by atoms with Crippen molar-refractivity contribution in [3.8, 4) is 0 Å². The first-order chi connectivity index (χ1) is 15.5. The number of hydrogen-bond acceptors (Lipinski definition) is 4. The van der Waals surface area contributed by atoms with Crippen molar-refractivity contribution in [2.24, 2.45) is 0 Å². The fraction of sp³-hybridized carbons (Fsp3) is 0.250. The van der Waals surface area contributed by atoms with Crippen molar-refractivity contribution >= 4 is 5.78 Å². The van der Waals surface area contributed by atoms with Crippen LogP contribution in [0.25, 0.3) is 0 Å². The maximum Gasteiger partial charge on any atom is 0.192 e. The van der Waals surface area contributed by atoms with E-state index in [2.05, 4.69) is 36.4 Å². The number of hydrogen-bond donors (Lipinski definition) is 0. The highest BCUT2D eigenvalue weighted by Crippen LogP contribution is 2.46. The zero-order chi connectivity index (χ0) is 22.2. The molecule has 0 amide bonds. The second-order valence-corrected chi connectivity index (χ2v) is 8.72. The van der Waals surface area contributed by atoms with E-state index in [1.165, 1.54) is 0 Å². The van der Waals surface area contributed by atoms with Crippen molar-refractivity contribution in [3.05, 3.63) is 120 Å². The van der Waals surface area contributed by atoms with E-state index < -0.39 is 23.1 Å². The summed E-state index contributed by atoms with van der Waals surface area (Å²) in [6.45, 7) is 3.70. The zero-order valence-corrected chi connectivity index (χ0v) is 18.2. The molecule has 0 radical (unpaired) electrons. The molecule has 0 aromatic heterocycles. The number of carbonyl (C=O) groups excluding carboxylic acids is 1. The van der Waals surface area contributed by atoms with Crippen LogP contribution in [0.1, 0.15) is 30.5 Å².